The number of sulfonamides is 1. The Bertz CT molecular complexity index is 2810. The van der Waals surface area contributed by atoms with Gasteiger partial charge in [-0.25, -0.2) is 22.9 Å². The first-order valence-corrected chi connectivity index (χ1v) is 24.4. The van der Waals surface area contributed by atoms with Gasteiger partial charge in [-0.2, -0.15) is 0 Å². The van der Waals surface area contributed by atoms with E-state index in [0.717, 1.165) is 61.1 Å². The minimum atomic E-state index is -4.62. The number of anilines is 2. The van der Waals surface area contributed by atoms with Crippen LogP contribution in [0.15, 0.2) is 95.7 Å². The van der Waals surface area contributed by atoms with Crippen LogP contribution in [0.3, 0.4) is 0 Å². The molecule has 67 heavy (non-hydrogen) atoms. The van der Waals surface area contributed by atoms with Crippen molar-refractivity contribution in [1.29, 1.82) is 0 Å². The number of hydrogen-bond acceptors (Lipinski definition) is 12. The highest BCUT2D eigenvalue weighted by molar-refractivity contribution is 7.90. The molecule has 3 N–H and O–H groups in total. The van der Waals surface area contributed by atoms with Crippen molar-refractivity contribution in [3.05, 3.63) is 117 Å². The number of likely N-dealkylation sites (tertiary alicyclic amines) is 1. The van der Waals surface area contributed by atoms with Crippen LogP contribution >= 0.6 is 11.6 Å². The Morgan fingerprint density at radius 1 is 0.970 bits per heavy atom. The van der Waals surface area contributed by atoms with Gasteiger partial charge < -0.3 is 29.6 Å². The smallest absolute Gasteiger partial charge is 0.410 e. The van der Waals surface area contributed by atoms with Gasteiger partial charge in [-0.1, -0.05) is 43.2 Å². The van der Waals surface area contributed by atoms with E-state index in [-0.39, 0.29) is 28.5 Å². The molecule has 2 saturated heterocycles. The largest absolute Gasteiger partial charge is 0.455 e. The number of piperazine rings is 1. The van der Waals surface area contributed by atoms with Crippen LogP contribution in [-0.4, -0.2) is 103 Å². The number of rotatable bonds is 12. The van der Waals surface area contributed by atoms with Gasteiger partial charge in [0.1, 0.15) is 28.4 Å². The quantitative estimate of drug-likeness (QED) is 0.0794. The second-order valence-electron chi connectivity index (χ2n) is 19.3. The molecule has 0 spiro atoms. The molecule has 4 heterocycles. The van der Waals surface area contributed by atoms with Crippen molar-refractivity contribution in [3.63, 3.8) is 0 Å². The second-order valence-corrected chi connectivity index (χ2v) is 21.4. The number of carbonyl (C=O) groups excluding carboxylic acids is 2. The lowest BCUT2D eigenvalue weighted by molar-refractivity contribution is -0.384. The minimum absolute atomic E-state index is 0.0625. The molecule has 0 bridgehead atoms. The Kier molecular flexibility index (Phi) is 13.6. The summed E-state index contributed by atoms with van der Waals surface area (Å²) in [4.78, 5) is 51.5. The Balaban J connectivity index is 0.978. The SMILES string of the molecule is CC1(C)CCC(CN2CCN(c3ccc(C(=O)NS(=O)(=O)c4ccc(NC5CCN(C(=O)OC(C)(C)C)CC5)c([N+](=O)[O-])c4)c(Oc4cnc5[nH]ccc5c4)c3)CC2)=C(c2ccc(Cl)cc2)C1. The maximum Gasteiger partial charge on any atom is 0.410 e. The van der Waals surface area contributed by atoms with E-state index in [4.69, 9.17) is 21.1 Å². The van der Waals surface area contributed by atoms with Crippen LogP contribution in [0.2, 0.25) is 5.02 Å². The summed E-state index contributed by atoms with van der Waals surface area (Å²) in [6.07, 6.45) is 6.99. The first-order valence-electron chi connectivity index (χ1n) is 22.6. The highest BCUT2D eigenvalue weighted by Crippen LogP contribution is 2.43. The monoisotopic (exact) mass is 952 g/mol. The van der Waals surface area contributed by atoms with E-state index >= 15 is 0 Å². The first kappa shape index (κ1) is 47.3. The summed E-state index contributed by atoms with van der Waals surface area (Å²) in [5, 5.41) is 16.9. The number of piperidine rings is 1. The zero-order chi connectivity index (χ0) is 47.7. The molecule has 0 saturated carbocycles. The van der Waals surface area contributed by atoms with Gasteiger partial charge in [-0.3, -0.25) is 19.8 Å². The number of pyridine rings is 1. The average Bonchev–Trinajstić information content (AvgIpc) is 3.75. The number of H-pyrrole nitrogens is 1. The number of ether oxygens (including phenoxy) is 2. The number of nitrogens with zero attached hydrogens (tertiary/aromatic N) is 5. The maximum absolute atomic E-state index is 14.0. The summed E-state index contributed by atoms with van der Waals surface area (Å²) in [5.74, 6) is -0.542. The second kappa shape index (κ2) is 19.2. The van der Waals surface area contributed by atoms with E-state index < -0.39 is 43.1 Å². The van der Waals surface area contributed by atoms with Crippen molar-refractivity contribution >= 4 is 67.3 Å². The molecule has 354 valence electrons. The number of halogens is 1. The van der Waals surface area contributed by atoms with Crippen LogP contribution in [0.5, 0.6) is 11.5 Å². The Labute approximate surface area is 395 Å². The molecule has 8 rings (SSSR count). The topological polar surface area (TPSA) is 192 Å². The van der Waals surface area contributed by atoms with Crippen molar-refractivity contribution in [3.8, 4) is 11.5 Å². The van der Waals surface area contributed by atoms with Crippen molar-refractivity contribution < 1.29 is 32.4 Å². The zero-order valence-corrected chi connectivity index (χ0v) is 40.0. The Hall–Kier alpha value is -6.17. The summed E-state index contributed by atoms with van der Waals surface area (Å²) in [7, 11) is -4.62. The molecule has 2 aliphatic heterocycles. The van der Waals surface area contributed by atoms with Crippen molar-refractivity contribution in [2.45, 2.75) is 83.3 Å². The summed E-state index contributed by atoms with van der Waals surface area (Å²) in [5.41, 5.74) is 4.67. The van der Waals surface area contributed by atoms with E-state index in [1.165, 1.54) is 41.1 Å². The number of allylic oxidation sites excluding steroid dienone is 1. The van der Waals surface area contributed by atoms with Crippen LogP contribution in [0.1, 0.15) is 82.6 Å². The van der Waals surface area contributed by atoms with Crippen LogP contribution in [0.25, 0.3) is 16.6 Å². The molecule has 16 nitrogen and oxygen atoms in total. The number of aromatic amines is 1. The number of carbonyl (C=O) groups is 2. The molecule has 2 fully saturated rings. The predicted octanol–water partition coefficient (Wildman–Crippen LogP) is 9.63. The lowest BCUT2D eigenvalue weighted by Gasteiger charge is -2.39. The number of aromatic nitrogens is 2. The Morgan fingerprint density at radius 2 is 1.70 bits per heavy atom. The number of nitro benzene ring substituents is 1. The number of nitrogens with one attached hydrogen (secondary N) is 3. The molecule has 2 amide bonds. The van der Waals surface area contributed by atoms with Gasteiger partial charge in [0.15, 0.2) is 0 Å². The number of hydrogen-bond donors (Lipinski definition) is 3. The number of amides is 2. The first-order chi connectivity index (χ1) is 31.8. The molecule has 2 aromatic heterocycles. The lowest BCUT2D eigenvalue weighted by atomic mass is 9.72. The van der Waals surface area contributed by atoms with Crippen LogP contribution in [0, 0.1) is 15.5 Å². The fourth-order valence-electron chi connectivity index (χ4n) is 8.92. The molecule has 18 heteroatoms. The van der Waals surface area contributed by atoms with E-state index in [9.17, 15) is 28.1 Å². The summed E-state index contributed by atoms with van der Waals surface area (Å²) in [6, 6.07) is 20.0. The average molecular weight is 954 g/mol. The number of benzene rings is 3. The van der Waals surface area contributed by atoms with Crippen molar-refractivity contribution in [2.75, 3.05) is 56.0 Å². The molecule has 5 aromatic rings. The summed E-state index contributed by atoms with van der Waals surface area (Å²) in [6.45, 7) is 14.7. The third kappa shape index (κ3) is 11.5. The van der Waals surface area contributed by atoms with Gasteiger partial charge in [0.25, 0.3) is 21.6 Å². The Morgan fingerprint density at radius 3 is 2.40 bits per heavy atom. The van der Waals surface area contributed by atoms with Crippen LogP contribution in [-0.2, 0) is 14.8 Å². The van der Waals surface area contributed by atoms with Crippen molar-refractivity contribution in [2.24, 2.45) is 5.41 Å². The van der Waals surface area contributed by atoms with Gasteiger partial charge in [0.05, 0.1) is 21.6 Å². The molecular weight excluding hydrogens is 896 g/mol. The highest BCUT2D eigenvalue weighted by atomic mass is 35.5. The standard InChI is InChI=1S/C49H57ClN8O8S/c1-48(2,3)66-47(60)57-20-16-36(17-21-57)53-42-13-11-39(28-43(42)58(61)62)67(63,64)54-46(59)40-12-10-37(27-44(40)65-38-26-33-15-19-51-45(33)52-30-38)56-24-22-55(23-25-56)31-34-14-18-49(4,5)29-41(34)32-6-8-35(50)9-7-32/h6-13,15,19,26-28,30,36,53H,14,16-18,20-25,29,31H2,1-5H3,(H,51,52)(H,54,59). The molecule has 1 aliphatic carbocycles. The van der Waals surface area contributed by atoms with E-state index in [2.05, 4.69) is 55.8 Å². The number of fused-ring (bicyclic) bond motifs is 1. The highest BCUT2D eigenvalue weighted by Gasteiger charge is 2.32. The lowest BCUT2D eigenvalue weighted by Crippen LogP contribution is -2.47. The van der Waals surface area contributed by atoms with Crippen LogP contribution < -0.4 is 19.7 Å². The maximum atomic E-state index is 14.0. The van der Waals surface area contributed by atoms with Gasteiger partial charge in [-0.05, 0) is 118 Å². The van der Waals surface area contributed by atoms with Crippen molar-refractivity contribution in [1.82, 2.24) is 24.5 Å². The molecule has 0 unspecified atom stereocenters. The normalized spacial score (nSPS) is 17.3. The third-order valence-electron chi connectivity index (χ3n) is 12.6. The fraction of sp³-hybridized carbons (Fsp3) is 0.408. The van der Waals surface area contributed by atoms with Gasteiger partial charge in [0, 0.05) is 86.3 Å². The van der Waals surface area contributed by atoms with E-state index in [1.54, 1.807) is 50.1 Å². The molecule has 3 aliphatic rings. The van der Waals surface area contributed by atoms with Gasteiger partial charge in [0.2, 0.25) is 0 Å². The molecular formula is C49H57ClN8O8S. The fourth-order valence-corrected chi connectivity index (χ4v) is 10.0. The van der Waals surface area contributed by atoms with Gasteiger partial charge >= 0.3 is 6.09 Å². The molecule has 0 radical (unpaired) electrons. The zero-order valence-electron chi connectivity index (χ0n) is 38.4. The van der Waals surface area contributed by atoms with Gasteiger partial charge in [-0.15, -0.1) is 0 Å². The van der Waals surface area contributed by atoms with E-state index in [1.807, 2.05) is 18.2 Å². The molecule has 3 aromatic carbocycles. The predicted molar refractivity (Wildman–Crippen MR) is 259 cm³/mol. The number of nitro groups is 1. The summed E-state index contributed by atoms with van der Waals surface area (Å²) < 4.78 is 41.5. The van der Waals surface area contributed by atoms with E-state index in [0.29, 0.717) is 50.4 Å². The third-order valence-corrected chi connectivity index (χ3v) is 14.1. The summed E-state index contributed by atoms with van der Waals surface area (Å²) >= 11 is 6.25. The molecule has 0 atom stereocenters. The minimum Gasteiger partial charge on any atom is -0.455 e. The van der Waals surface area contributed by atoms with Crippen LogP contribution in [0.4, 0.5) is 21.9 Å².